The summed E-state index contributed by atoms with van der Waals surface area (Å²) < 4.78 is 23.7. The van der Waals surface area contributed by atoms with Crippen LogP contribution in [0.15, 0.2) is 0 Å². The summed E-state index contributed by atoms with van der Waals surface area (Å²) in [6, 6.07) is 0. The lowest BCUT2D eigenvalue weighted by Crippen LogP contribution is -2.48. The van der Waals surface area contributed by atoms with E-state index in [1.54, 1.807) is 32.6 Å². The van der Waals surface area contributed by atoms with Crippen LogP contribution in [0.3, 0.4) is 0 Å². The van der Waals surface area contributed by atoms with Crippen LogP contribution < -0.4 is 10.6 Å². The zero-order valence-electron chi connectivity index (χ0n) is 39.3. The molecule has 3 saturated heterocycles. The maximum atomic E-state index is 11.5. The largest absolute Gasteiger partial charge is 0.469 e. The number of piperidine rings is 1. The molecule has 17 heteroatoms. The van der Waals surface area contributed by atoms with Crippen LogP contribution in [0, 0.1) is 21.7 Å². The fraction of sp³-hybridized carbons (Fsp3) is 0.881. The van der Waals surface area contributed by atoms with E-state index in [2.05, 4.69) is 29.9 Å². The van der Waals surface area contributed by atoms with Crippen molar-refractivity contribution in [3.05, 3.63) is 0 Å². The van der Waals surface area contributed by atoms with Gasteiger partial charge in [0.15, 0.2) is 0 Å². The number of likely N-dealkylation sites (tertiary alicyclic amines) is 1. The smallest absolute Gasteiger partial charge is 0.410 e. The summed E-state index contributed by atoms with van der Waals surface area (Å²) in [7, 11) is 5.57. The SMILES string of the molecule is CC(C)(C)OC(=O)N1CCNCC1.COC(=O)C(C)(C)CCl.COC(=O)C(C)(C)CN1CCCCC1.COC(=O)C(C)(C)CN1CCNCC1.COC(=O)C(C)(C)CO. The number of aliphatic hydroxyl groups excluding tert-OH is 1. The second kappa shape index (κ2) is 28.7. The van der Waals surface area contributed by atoms with Gasteiger partial charge >= 0.3 is 30.0 Å². The molecule has 0 aromatic heterocycles. The molecule has 3 fully saturated rings. The number of piperazine rings is 2. The molecular formula is C42H82ClN5O11. The van der Waals surface area contributed by atoms with Gasteiger partial charge in [0.1, 0.15) is 5.60 Å². The minimum Gasteiger partial charge on any atom is -0.469 e. The molecule has 0 aromatic rings. The van der Waals surface area contributed by atoms with Crippen LogP contribution >= 0.6 is 11.6 Å². The number of amides is 1. The van der Waals surface area contributed by atoms with Crippen LogP contribution in [0.25, 0.3) is 0 Å². The van der Waals surface area contributed by atoms with Gasteiger partial charge in [-0.25, -0.2) is 4.79 Å². The van der Waals surface area contributed by atoms with Gasteiger partial charge in [0.25, 0.3) is 0 Å². The lowest BCUT2D eigenvalue weighted by Gasteiger charge is -2.33. The van der Waals surface area contributed by atoms with Crippen molar-refractivity contribution in [1.82, 2.24) is 25.3 Å². The molecule has 0 radical (unpaired) electrons. The van der Waals surface area contributed by atoms with E-state index in [1.807, 2.05) is 48.5 Å². The van der Waals surface area contributed by atoms with Crippen LogP contribution in [0.2, 0.25) is 0 Å². The van der Waals surface area contributed by atoms with E-state index in [0.29, 0.717) is 5.88 Å². The standard InChI is InChI=1S/C11H21NO2.C10H20N2O2.C9H18N2O2.C6H11ClO2.C6H12O3/c1-11(2,10(13)14-3)9-12-7-5-4-6-8-12;1-10(2,9(13)14-3)8-12-6-4-11-5-7-12;1-9(2,3)13-8(12)11-6-4-10-5-7-11;2*1-6(2,4-7)5(8)9-3/h4-9H2,1-3H3;11H,4-8H2,1-3H3;10H,4-7H2,1-3H3;4H2,1-3H3;7H,4H2,1-3H3. The number of methoxy groups -OCH3 is 4. The number of hydrogen-bond acceptors (Lipinski definition) is 15. The fourth-order valence-corrected chi connectivity index (χ4v) is 5.74. The Morgan fingerprint density at radius 2 is 0.864 bits per heavy atom. The van der Waals surface area contributed by atoms with E-state index < -0.39 is 16.2 Å². The number of carbonyl (C=O) groups is 5. The zero-order valence-corrected chi connectivity index (χ0v) is 40.0. The lowest BCUT2D eigenvalue weighted by atomic mass is 9.92. The van der Waals surface area contributed by atoms with Gasteiger partial charge in [-0.1, -0.05) is 6.42 Å². The molecule has 0 unspecified atom stereocenters. The minimum atomic E-state index is -0.755. The Bertz CT molecular complexity index is 1150. The van der Waals surface area contributed by atoms with E-state index in [1.165, 1.54) is 47.7 Å². The van der Waals surface area contributed by atoms with Crippen molar-refractivity contribution < 1.29 is 52.8 Å². The lowest BCUT2D eigenvalue weighted by molar-refractivity contribution is -0.153. The Labute approximate surface area is 361 Å². The highest BCUT2D eigenvalue weighted by Crippen LogP contribution is 2.22. The third kappa shape index (κ3) is 25.6. The molecule has 3 aliphatic rings. The van der Waals surface area contributed by atoms with Gasteiger partial charge in [-0.05, 0) is 102 Å². The number of carbonyl (C=O) groups excluding carboxylic acids is 5. The highest BCUT2D eigenvalue weighted by molar-refractivity contribution is 6.19. The summed E-state index contributed by atoms with van der Waals surface area (Å²) >= 11 is 5.47. The van der Waals surface area contributed by atoms with Crippen molar-refractivity contribution in [2.24, 2.45) is 21.7 Å². The predicted molar refractivity (Wildman–Crippen MR) is 231 cm³/mol. The molecule has 0 bridgehead atoms. The topological polar surface area (TPSA) is 186 Å². The molecule has 3 aliphatic heterocycles. The Balaban J connectivity index is 0. The van der Waals surface area contributed by atoms with E-state index in [9.17, 15) is 24.0 Å². The number of nitrogens with one attached hydrogen (secondary N) is 2. The molecule has 16 nitrogen and oxygen atoms in total. The van der Waals surface area contributed by atoms with E-state index >= 15 is 0 Å². The number of esters is 4. The molecule has 3 rings (SSSR count). The van der Waals surface area contributed by atoms with Crippen LogP contribution in [-0.2, 0) is 42.9 Å². The first-order chi connectivity index (χ1) is 27.2. The summed E-state index contributed by atoms with van der Waals surface area (Å²) in [6.07, 6.45) is 3.65. The molecule has 1 amide bonds. The summed E-state index contributed by atoms with van der Waals surface area (Å²) in [5.74, 6) is -0.596. The molecule has 0 aliphatic carbocycles. The Hall–Kier alpha value is -2.76. The van der Waals surface area contributed by atoms with Crippen molar-refractivity contribution in [3.8, 4) is 0 Å². The molecule has 59 heavy (non-hydrogen) atoms. The second-order valence-electron chi connectivity index (χ2n) is 18.4. The molecule has 0 saturated carbocycles. The number of rotatable bonds is 10. The van der Waals surface area contributed by atoms with Crippen molar-refractivity contribution in [1.29, 1.82) is 0 Å². The first-order valence-electron chi connectivity index (χ1n) is 20.5. The van der Waals surface area contributed by atoms with Crippen molar-refractivity contribution >= 4 is 41.6 Å². The van der Waals surface area contributed by atoms with Gasteiger partial charge in [0.2, 0.25) is 0 Å². The van der Waals surface area contributed by atoms with Crippen LogP contribution in [0.1, 0.15) is 95.4 Å². The average molecular weight is 869 g/mol. The van der Waals surface area contributed by atoms with E-state index in [4.69, 9.17) is 30.9 Å². The van der Waals surface area contributed by atoms with Crippen molar-refractivity contribution in [2.45, 2.75) is 101 Å². The average Bonchev–Trinajstić information content (AvgIpc) is 3.20. The normalized spacial score (nSPS) is 16.7. The quantitative estimate of drug-likeness (QED) is 0.161. The third-order valence-electron chi connectivity index (χ3n) is 9.35. The number of halogens is 1. The summed E-state index contributed by atoms with van der Waals surface area (Å²) in [5, 5.41) is 15.1. The van der Waals surface area contributed by atoms with E-state index in [-0.39, 0.29) is 47.6 Å². The Kier molecular flexibility index (Phi) is 28.4. The highest BCUT2D eigenvalue weighted by Gasteiger charge is 2.33. The highest BCUT2D eigenvalue weighted by atomic mass is 35.5. The van der Waals surface area contributed by atoms with Gasteiger partial charge in [0.05, 0.1) is 56.7 Å². The van der Waals surface area contributed by atoms with Crippen LogP contribution in [0.5, 0.6) is 0 Å². The third-order valence-corrected chi connectivity index (χ3v) is 10.0. The number of nitrogens with zero attached hydrogens (tertiary/aromatic N) is 3. The van der Waals surface area contributed by atoms with Crippen molar-refractivity contribution in [2.75, 3.05) is 119 Å². The molecule has 0 atom stereocenters. The monoisotopic (exact) mass is 868 g/mol. The van der Waals surface area contributed by atoms with Gasteiger partial charge in [-0.3, -0.25) is 24.1 Å². The summed E-state index contributed by atoms with van der Waals surface area (Å²) in [6.45, 7) is 31.1. The number of aliphatic hydroxyl groups is 1. The van der Waals surface area contributed by atoms with Gasteiger partial charge in [-0.15, -0.1) is 11.6 Å². The van der Waals surface area contributed by atoms with Gasteiger partial charge in [-0.2, -0.15) is 0 Å². The minimum absolute atomic E-state index is 0.108. The summed E-state index contributed by atoms with van der Waals surface area (Å²) in [5.41, 5.74) is -2.45. The second-order valence-corrected chi connectivity index (χ2v) is 18.6. The molecule has 0 aromatic carbocycles. The maximum absolute atomic E-state index is 11.5. The molecule has 3 N–H and O–H groups in total. The van der Waals surface area contributed by atoms with Crippen LogP contribution in [-0.4, -0.2) is 175 Å². The number of ether oxygens (including phenoxy) is 5. The number of alkyl halides is 1. The summed E-state index contributed by atoms with van der Waals surface area (Å²) in [4.78, 5) is 62.2. The first-order valence-corrected chi connectivity index (χ1v) is 21.1. The molecule has 0 spiro atoms. The predicted octanol–water partition coefficient (Wildman–Crippen LogP) is 4.19. The Morgan fingerprint density at radius 1 is 0.525 bits per heavy atom. The van der Waals surface area contributed by atoms with Crippen molar-refractivity contribution in [3.63, 3.8) is 0 Å². The number of hydrogen-bond donors (Lipinski definition) is 3. The van der Waals surface area contributed by atoms with Gasteiger partial charge < -0.3 is 49.2 Å². The maximum Gasteiger partial charge on any atom is 0.410 e. The first kappa shape index (κ1) is 58.3. The Morgan fingerprint density at radius 3 is 1.17 bits per heavy atom. The van der Waals surface area contributed by atoms with Crippen LogP contribution in [0.4, 0.5) is 4.79 Å². The van der Waals surface area contributed by atoms with E-state index in [0.717, 1.165) is 78.5 Å². The molecule has 3 heterocycles. The molecular weight excluding hydrogens is 786 g/mol. The molecule has 348 valence electrons. The zero-order chi connectivity index (χ0) is 46.1. The van der Waals surface area contributed by atoms with Gasteiger partial charge in [0, 0.05) is 71.3 Å². The fourth-order valence-electron chi connectivity index (χ4n) is 5.63.